The Hall–Kier alpha value is -2.35. The number of carbonyl (C=O) groups is 1. The average Bonchev–Trinajstić information content (AvgIpc) is 2.66. The molecule has 0 saturated heterocycles. The van der Waals surface area contributed by atoms with Gasteiger partial charge in [0.1, 0.15) is 5.75 Å². The summed E-state index contributed by atoms with van der Waals surface area (Å²) in [7, 11) is -0.852. The molecule has 0 atom stereocenters. The Morgan fingerprint density at radius 2 is 2.04 bits per heavy atom. The summed E-state index contributed by atoms with van der Waals surface area (Å²) >= 11 is 6.01. The minimum absolute atomic E-state index is 0.0252. The normalized spacial score (nSPS) is 11.3. The number of amides is 1. The molecule has 1 amide bonds. The van der Waals surface area contributed by atoms with Gasteiger partial charge in [0.05, 0.1) is 12.0 Å². The number of nitrogens with zero attached hydrogens (tertiary/aromatic N) is 1. The van der Waals surface area contributed by atoms with Crippen LogP contribution >= 0.6 is 11.6 Å². The van der Waals surface area contributed by atoms with Crippen molar-refractivity contribution in [2.45, 2.75) is 11.4 Å². The van der Waals surface area contributed by atoms with Crippen LogP contribution in [0.15, 0.2) is 60.0 Å². The van der Waals surface area contributed by atoms with Crippen molar-refractivity contribution in [1.82, 2.24) is 9.62 Å². The summed E-state index contributed by atoms with van der Waals surface area (Å²) in [4.78, 5) is 12.1. The summed E-state index contributed by atoms with van der Waals surface area (Å²) in [6.07, 6.45) is 1.55. The topological polar surface area (TPSA) is 75.7 Å². The number of benzene rings is 2. The molecule has 2 aromatic carbocycles. The first-order valence-corrected chi connectivity index (χ1v) is 9.89. The summed E-state index contributed by atoms with van der Waals surface area (Å²) in [5.41, 5.74) is 0.891. The number of methoxy groups -OCH3 is 1. The molecule has 0 saturated carbocycles. The maximum atomic E-state index is 12.9. The number of hydrogen-bond donors (Lipinski definition) is 1. The Morgan fingerprint density at radius 3 is 2.70 bits per heavy atom. The molecule has 0 fully saturated rings. The molecule has 144 valence electrons. The van der Waals surface area contributed by atoms with Gasteiger partial charge in [0, 0.05) is 36.3 Å². The molecule has 2 aromatic rings. The lowest BCUT2D eigenvalue weighted by Crippen LogP contribution is -2.27. The van der Waals surface area contributed by atoms with Gasteiger partial charge < -0.3 is 10.1 Å². The number of rotatable bonds is 8. The van der Waals surface area contributed by atoms with E-state index in [9.17, 15) is 13.2 Å². The van der Waals surface area contributed by atoms with Gasteiger partial charge in [-0.3, -0.25) is 4.79 Å². The van der Waals surface area contributed by atoms with Gasteiger partial charge in [0.2, 0.25) is 10.0 Å². The zero-order valence-corrected chi connectivity index (χ0v) is 16.7. The fraction of sp³-hybridized carbons (Fsp3) is 0.211. The largest absolute Gasteiger partial charge is 0.496 e. The van der Waals surface area contributed by atoms with Gasteiger partial charge in [0.25, 0.3) is 5.91 Å². The van der Waals surface area contributed by atoms with Crippen molar-refractivity contribution in [1.29, 1.82) is 0 Å². The number of halogens is 1. The number of ether oxygens (including phenoxy) is 1. The van der Waals surface area contributed by atoms with E-state index in [0.29, 0.717) is 22.9 Å². The molecule has 0 heterocycles. The number of carbonyl (C=O) groups excluding carboxylic acids is 1. The Morgan fingerprint density at radius 1 is 1.30 bits per heavy atom. The van der Waals surface area contributed by atoms with E-state index < -0.39 is 10.0 Å². The third-order valence-electron chi connectivity index (χ3n) is 3.85. The van der Waals surface area contributed by atoms with Gasteiger partial charge >= 0.3 is 0 Å². The highest BCUT2D eigenvalue weighted by molar-refractivity contribution is 7.89. The zero-order valence-electron chi connectivity index (χ0n) is 15.1. The molecule has 0 radical (unpaired) electrons. The van der Waals surface area contributed by atoms with Crippen LogP contribution in [0, 0.1) is 0 Å². The maximum absolute atomic E-state index is 12.9. The summed E-state index contributed by atoms with van der Waals surface area (Å²) in [5, 5.41) is 3.10. The number of nitrogens with one attached hydrogen (secondary N) is 1. The minimum Gasteiger partial charge on any atom is -0.496 e. The van der Waals surface area contributed by atoms with Gasteiger partial charge in [-0.05, 0) is 36.4 Å². The molecular weight excluding hydrogens is 388 g/mol. The summed E-state index contributed by atoms with van der Waals surface area (Å²) < 4.78 is 32.3. The van der Waals surface area contributed by atoms with E-state index >= 15 is 0 Å². The lowest BCUT2D eigenvalue weighted by Gasteiger charge is -2.19. The van der Waals surface area contributed by atoms with E-state index in [1.807, 2.05) is 0 Å². The van der Waals surface area contributed by atoms with Crippen molar-refractivity contribution < 1.29 is 17.9 Å². The molecule has 0 aliphatic rings. The van der Waals surface area contributed by atoms with Crippen molar-refractivity contribution in [3.05, 3.63) is 71.3 Å². The van der Waals surface area contributed by atoms with Gasteiger partial charge in [-0.15, -0.1) is 6.58 Å². The molecule has 1 N–H and O–H groups in total. The molecule has 2 rings (SSSR count). The highest BCUT2D eigenvalue weighted by Gasteiger charge is 2.23. The van der Waals surface area contributed by atoms with E-state index in [-0.39, 0.29) is 22.9 Å². The summed E-state index contributed by atoms with van der Waals surface area (Å²) in [5.74, 6) is 0.171. The summed E-state index contributed by atoms with van der Waals surface area (Å²) in [6.45, 7) is 3.89. The Bertz CT molecular complexity index is 944. The molecule has 6 nitrogen and oxygen atoms in total. The molecular formula is C19H21ClN2O4S. The van der Waals surface area contributed by atoms with E-state index in [0.717, 1.165) is 0 Å². The first-order chi connectivity index (χ1) is 12.8. The van der Waals surface area contributed by atoms with Crippen LogP contribution in [0.3, 0.4) is 0 Å². The fourth-order valence-corrected chi connectivity index (χ4v) is 3.83. The first kappa shape index (κ1) is 21.0. The predicted octanol–water partition coefficient (Wildman–Crippen LogP) is 3.09. The number of hydrogen-bond acceptors (Lipinski definition) is 4. The van der Waals surface area contributed by atoms with E-state index in [4.69, 9.17) is 16.3 Å². The number of sulfonamides is 1. The van der Waals surface area contributed by atoms with Crippen LogP contribution in [-0.2, 0) is 16.6 Å². The quantitative estimate of drug-likeness (QED) is 0.681. The Kier molecular flexibility index (Phi) is 7.01. The Labute approximate surface area is 164 Å². The molecule has 8 heteroatoms. The SMILES string of the molecule is C=CCNC(=O)c1cccc(S(=O)(=O)N(C)Cc2cc(Cl)ccc2OC)c1. The monoisotopic (exact) mass is 408 g/mol. The van der Waals surface area contributed by atoms with E-state index in [1.54, 1.807) is 30.3 Å². The van der Waals surface area contributed by atoms with E-state index in [1.165, 1.54) is 36.7 Å². The van der Waals surface area contributed by atoms with Gasteiger partial charge in [-0.2, -0.15) is 4.31 Å². The highest BCUT2D eigenvalue weighted by atomic mass is 35.5. The maximum Gasteiger partial charge on any atom is 0.251 e. The molecule has 0 unspecified atom stereocenters. The van der Waals surface area contributed by atoms with Gasteiger partial charge in [-0.1, -0.05) is 23.7 Å². The van der Waals surface area contributed by atoms with Crippen LogP contribution < -0.4 is 10.1 Å². The molecule has 0 bridgehead atoms. The smallest absolute Gasteiger partial charge is 0.251 e. The molecule has 0 aliphatic carbocycles. The zero-order chi connectivity index (χ0) is 20.0. The van der Waals surface area contributed by atoms with Crippen molar-refractivity contribution in [3.8, 4) is 5.75 Å². The second kappa shape index (κ2) is 9.03. The van der Waals surface area contributed by atoms with Crippen molar-refractivity contribution in [2.75, 3.05) is 20.7 Å². The van der Waals surface area contributed by atoms with Gasteiger partial charge in [0.15, 0.2) is 0 Å². The highest BCUT2D eigenvalue weighted by Crippen LogP contribution is 2.26. The lowest BCUT2D eigenvalue weighted by molar-refractivity contribution is 0.0958. The van der Waals surface area contributed by atoms with Crippen LogP contribution in [0.1, 0.15) is 15.9 Å². The minimum atomic E-state index is -3.82. The van der Waals surface area contributed by atoms with Crippen LogP contribution in [0.2, 0.25) is 5.02 Å². The predicted molar refractivity (Wildman–Crippen MR) is 106 cm³/mol. The standard InChI is InChI=1S/C19H21ClN2O4S/c1-4-10-21-19(23)14-6-5-7-17(12-14)27(24,25)22(2)13-15-11-16(20)8-9-18(15)26-3/h4-9,11-12H,1,10,13H2,2-3H3,(H,21,23). The fourth-order valence-electron chi connectivity index (χ4n) is 2.44. The lowest BCUT2D eigenvalue weighted by atomic mass is 10.2. The second-order valence-electron chi connectivity index (χ2n) is 5.74. The van der Waals surface area contributed by atoms with Crippen LogP contribution in [0.25, 0.3) is 0 Å². The van der Waals surface area contributed by atoms with Crippen molar-refractivity contribution in [2.24, 2.45) is 0 Å². The molecule has 0 aromatic heterocycles. The summed E-state index contributed by atoms with van der Waals surface area (Å²) in [6, 6.07) is 10.9. The van der Waals surface area contributed by atoms with E-state index in [2.05, 4.69) is 11.9 Å². The van der Waals surface area contributed by atoms with Gasteiger partial charge in [-0.25, -0.2) is 8.42 Å². The Balaban J connectivity index is 2.29. The van der Waals surface area contributed by atoms with Crippen LogP contribution in [0.4, 0.5) is 0 Å². The molecule has 27 heavy (non-hydrogen) atoms. The van der Waals surface area contributed by atoms with Crippen LogP contribution in [0.5, 0.6) is 5.75 Å². The average molecular weight is 409 g/mol. The first-order valence-electron chi connectivity index (χ1n) is 8.07. The second-order valence-corrected chi connectivity index (χ2v) is 8.23. The van der Waals surface area contributed by atoms with Crippen molar-refractivity contribution in [3.63, 3.8) is 0 Å². The van der Waals surface area contributed by atoms with Crippen molar-refractivity contribution >= 4 is 27.5 Å². The molecule has 0 spiro atoms. The van der Waals surface area contributed by atoms with Crippen LogP contribution in [-0.4, -0.2) is 39.3 Å². The third-order valence-corrected chi connectivity index (χ3v) is 5.88. The molecule has 0 aliphatic heterocycles. The third kappa shape index (κ3) is 5.09.